The monoisotopic (exact) mass is 432 g/mol. The van der Waals surface area contributed by atoms with Crippen molar-refractivity contribution in [2.75, 3.05) is 35.7 Å². The summed E-state index contributed by atoms with van der Waals surface area (Å²) in [5.41, 5.74) is 1.92. The van der Waals surface area contributed by atoms with Crippen LogP contribution in [-0.2, 0) is 11.8 Å². The molecule has 10 nitrogen and oxygen atoms in total. The van der Waals surface area contributed by atoms with Crippen LogP contribution in [0.5, 0.6) is 5.88 Å². The number of fused-ring (bicyclic) bond motifs is 1. The molecule has 0 spiro atoms. The van der Waals surface area contributed by atoms with Crippen LogP contribution in [0.25, 0.3) is 10.9 Å². The Morgan fingerprint density at radius 3 is 3.03 bits per heavy atom. The fourth-order valence-electron chi connectivity index (χ4n) is 3.88. The number of carbonyl (C=O) groups excluding carboxylic acids is 1. The van der Waals surface area contributed by atoms with E-state index in [1.807, 2.05) is 36.0 Å². The van der Waals surface area contributed by atoms with Gasteiger partial charge in [0.05, 0.1) is 18.8 Å². The molecule has 1 atom stereocenters. The summed E-state index contributed by atoms with van der Waals surface area (Å²) in [5, 5.41) is 21.0. The topological polar surface area (TPSA) is 121 Å². The van der Waals surface area contributed by atoms with Crippen LogP contribution in [0.15, 0.2) is 37.1 Å². The predicted molar refractivity (Wildman–Crippen MR) is 122 cm³/mol. The number of ether oxygens (including phenoxy) is 1. The van der Waals surface area contributed by atoms with Gasteiger partial charge in [-0.1, -0.05) is 6.58 Å². The van der Waals surface area contributed by atoms with Crippen molar-refractivity contribution in [3.05, 3.63) is 42.6 Å². The molecule has 4 rings (SSSR count). The van der Waals surface area contributed by atoms with Gasteiger partial charge in [-0.15, -0.1) is 0 Å². The zero-order valence-electron chi connectivity index (χ0n) is 18.0. The maximum atomic E-state index is 11.6. The van der Waals surface area contributed by atoms with Crippen LogP contribution in [0.4, 0.5) is 17.5 Å². The minimum atomic E-state index is -0.252. The molecule has 0 unspecified atom stereocenters. The summed E-state index contributed by atoms with van der Waals surface area (Å²) < 4.78 is 7.00. The van der Waals surface area contributed by atoms with Crippen LogP contribution < -0.4 is 20.3 Å². The van der Waals surface area contributed by atoms with Gasteiger partial charge in [0, 0.05) is 37.3 Å². The Bertz CT molecular complexity index is 1210. The van der Waals surface area contributed by atoms with Crippen molar-refractivity contribution in [1.82, 2.24) is 19.7 Å². The maximum Gasteiger partial charge on any atom is 0.247 e. The Balaban J connectivity index is 1.54. The number of benzene rings is 1. The smallest absolute Gasteiger partial charge is 0.247 e. The highest BCUT2D eigenvalue weighted by Gasteiger charge is 2.25. The molecular formula is C22H24N8O2. The van der Waals surface area contributed by atoms with Crippen LogP contribution in [0, 0.1) is 11.3 Å². The number of nitrogens with zero attached hydrogens (tertiary/aromatic N) is 6. The molecule has 164 valence electrons. The van der Waals surface area contributed by atoms with E-state index in [1.54, 1.807) is 0 Å². The lowest BCUT2D eigenvalue weighted by Gasteiger charge is -2.33. The number of piperidine rings is 1. The molecule has 10 heteroatoms. The summed E-state index contributed by atoms with van der Waals surface area (Å²) >= 11 is 0. The van der Waals surface area contributed by atoms with E-state index in [9.17, 15) is 4.79 Å². The summed E-state index contributed by atoms with van der Waals surface area (Å²) in [6, 6.07) is 7.88. The lowest BCUT2D eigenvalue weighted by molar-refractivity contribution is -0.111. The third-order valence-corrected chi connectivity index (χ3v) is 5.41. The van der Waals surface area contributed by atoms with Crippen molar-refractivity contribution >= 4 is 34.3 Å². The third-order valence-electron chi connectivity index (χ3n) is 5.41. The highest BCUT2D eigenvalue weighted by Crippen LogP contribution is 2.30. The molecule has 2 N–H and O–H groups in total. The highest BCUT2D eigenvalue weighted by molar-refractivity contribution is 6.01. The number of rotatable bonds is 6. The molecule has 0 bridgehead atoms. The SMILES string of the molecule is C=CC(=O)Nc1ccc2c(N3CCC[C@@H](Nc4ncc(C#N)c(OC)n4)C3)nn(C)c2c1. The molecular weight excluding hydrogens is 408 g/mol. The average molecular weight is 432 g/mol. The summed E-state index contributed by atoms with van der Waals surface area (Å²) in [6.07, 6.45) is 4.65. The molecule has 2 aromatic heterocycles. The molecule has 0 aliphatic carbocycles. The van der Waals surface area contributed by atoms with E-state index in [2.05, 4.69) is 32.1 Å². The first-order chi connectivity index (χ1) is 15.5. The van der Waals surface area contributed by atoms with Gasteiger partial charge < -0.3 is 20.3 Å². The number of methoxy groups -OCH3 is 1. The van der Waals surface area contributed by atoms with E-state index in [0.29, 0.717) is 17.2 Å². The first kappa shape index (κ1) is 21.1. The van der Waals surface area contributed by atoms with Gasteiger partial charge in [0.25, 0.3) is 0 Å². The maximum absolute atomic E-state index is 11.6. The van der Waals surface area contributed by atoms with Crippen LogP contribution in [-0.4, -0.2) is 51.9 Å². The number of nitrogens with one attached hydrogen (secondary N) is 2. The second kappa shape index (κ2) is 8.93. The minimum absolute atomic E-state index is 0.115. The van der Waals surface area contributed by atoms with Crippen LogP contribution >= 0.6 is 0 Å². The van der Waals surface area contributed by atoms with Gasteiger partial charge in [-0.3, -0.25) is 9.48 Å². The van der Waals surface area contributed by atoms with Crippen LogP contribution in [0.1, 0.15) is 18.4 Å². The minimum Gasteiger partial charge on any atom is -0.480 e. The Labute approximate surface area is 185 Å². The Morgan fingerprint density at radius 1 is 1.44 bits per heavy atom. The lowest BCUT2D eigenvalue weighted by atomic mass is 10.1. The molecule has 3 heterocycles. The molecule has 1 saturated heterocycles. The fraction of sp³-hybridized carbons (Fsp3) is 0.318. The summed E-state index contributed by atoms with van der Waals surface area (Å²) in [5.74, 6) is 1.33. The van der Waals surface area contributed by atoms with Crippen molar-refractivity contribution in [2.24, 2.45) is 7.05 Å². The van der Waals surface area contributed by atoms with Gasteiger partial charge in [-0.25, -0.2) is 4.98 Å². The normalized spacial score (nSPS) is 15.8. The molecule has 1 amide bonds. The quantitative estimate of drug-likeness (QED) is 0.570. The molecule has 0 saturated carbocycles. The number of amides is 1. The number of carbonyl (C=O) groups is 1. The van der Waals surface area contributed by atoms with Gasteiger partial charge in [0.15, 0.2) is 5.82 Å². The number of hydrogen-bond acceptors (Lipinski definition) is 8. The fourth-order valence-corrected chi connectivity index (χ4v) is 3.88. The first-order valence-electron chi connectivity index (χ1n) is 10.2. The third kappa shape index (κ3) is 4.18. The van der Waals surface area contributed by atoms with Crippen LogP contribution in [0.2, 0.25) is 0 Å². The molecule has 1 aromatic carbocycles. The Hall–Kier alpha value is -4.13. The van der Waals surface area contributed by atoms with Gasteiger partial charge in [-0.2, -0.15) is 15.3 Å². The number of hydrogen-bond donors (Lipinski definition) is 2. The molecule has 1 aliphatic heterocycles. The summed E-state index contributed by atoms with van der Waals surface area (Å²) in [6.45, 7) is 5.10. The number of nitriles is 1. The standard InChI is InChI=1S/C22H24N8O2/c1-4-19(31)25-15-7-8-17-18(10-15)29(2)28-20(17)30-9-5-6-16(13-30)26-22-24-12-14(11-23)21(27-22)32-3/h4,7-8,10,12,16H,1,5-6,9,13H2,2-3H3,(H,25,31)(H,24,26,27)/t16-/m1/s1. The van der Waals surface area contributed by atoms with Crippen molar-refractivity contribution < 1.29 is 9.53 Å². The average Bonchev–Trinajstić information content (AvgIpc) is 3.15. The van der Waals surface area contributed by atoms with Gasteiger partial charge in [0.2, 0.25) is 17.7 Å². The first-order valence-corrected chi connectivity index (χ1v) is 10.2. The summed E-state index contributed by atoms with van der Waals surface area (Å²) in [4.78, 5) is 22.4. The zero-order valence-corrected chi connectivity index (χ0v) is 18.0. The van der Waals surface area contributed by atoms with E-state index < -0.39 is 0 Å². The Kier molecular flexibility index (Phi) is 5.89. The van der Waals surface area contributed by atoms with E-state index in [-0.39, 0.29) is 17.8 Å². The predicted octanol–water partition coefficient (Wildman–Crippen LogP) is 2.45. The number of aromatic nitrogens is 4. The van der Waals surface area contributed by atoms with Gasteiger partial charge in [-0.05, 0) is 37.1 Å². The lowest BCUT2D eigenvalue weighted by Crippen LogP contribution is -2.42. The molecule has 3 aromatic rings. The second-order valence-electron chi connectivity index (χ2n) is 7.53. The molecule has 1 fully saturated rings. The number of aryl methyl sites for hydroxylation is 1. The van der Waals surface area contributed by atoms with Gasteiger partial charge in [0.1, 0.15) is 11.6 Å². The largest absolute Gasteiger partial charge is 0.480 e. The van der Waals surface area contributed by atoms with Crippen molar-refractivity contribution in [3.8, 4) is 11.9 Å². The molecule has 0 radical (unpaired) electrons. The van der Waals surface area contributed by atoms with Crippen LogP contribution in [0.3, 0.4) is 0 Å². The van der Waals surface area contributed by atoms with Crippen molar-refractivity contribution in [1.29, 1.82) is 5.26 Å². The van der Waals surface area contributed by atoms with E-state index in [1.165, 1.54) is 19.4 Å². The van der Waals surface area contributed by atoms with E-state index in [0.717, 1.165) is 42.7 Å². The highest BCUT2D eigenvalue weighted by atomic mass is 16.5. The zero-order chi connectivity index (χ0) is 22.7. The molecule has 32 heavy (non-hydrogen) atoms. The second-order valence-corrected chi connectivity index (χ2v) is 7.53. The summed E-state index contributed by atoms with van der Waals surface area (Å²) in [7, 11) is 3.37. The van der Waals surface area contributed by atoms with E-state index >= 15 is 0 Å². The van der Waals surface area contributed by atoms with E-state index in [4.69, 9.17) is 15.1 Å². The van der Waals surface area contributed by atoms with Gasteiger partial charge >= 0.3 is 0 Å². The molecule has 1 aliphatic rings. The van der Waals surface area contributed by atoms with Crippen molar-refractivity contribution in [2.45, 2.75) is 18.9 Å². The van der Waals surface area contributed by atoms with Crippen molar-refractivity contribution in [3.63, 3.8) is 0 Å². The Morgan fingerprint density at radius 2 is 2.28 bits per heavy atom. The number of anilines is 3.